The van der Waals surface area contributed by atoms with Crippen molar-refractivity contribution in [2.24, 2.45) is 4.99 Å². The molecular weight excluding hydrogens is 405 g/mol. The van der Waals surface area contributed by atoms with E-state index in [1.54, 1.807) is 14.2 Å². The minimum atomic E-state index is 0. The molecule has 130 valence electrons. The van der Waals surface area contributed by atoms with Gasteiger partial charge in [0.25, 0.3) is 0 Å². The molecule has 0 bridgehead atoms. The Bertz CT molecular complexity index is 477. The number of ether oxygens (including phenoxy) is 2. The Morgan fingerprint density at radius 1 is 1.22 bits per heavy atom. The number of rotatable bonds is 7. The van der Waals surface area contributed by atoms with Gasteiger partial charge in [-0.15, -0.1) is 24.0 Å². The molecule has 2 N–H and O–H groups in total. The zero-order chi connectivity index (χ0) is 15.6. The van der Waals surface area contributed by atoms with Crippen LogP contribution in [0.5, 0.6) is 5.75 Å². The maximum atomic E-state index is 6.15. The van der Waals surface area contributed by atoms with Crippen molar-refractivity contribution in [3.05, 3.63) is 29.8 Å². The molecule has 0 radical (unpaired) electrons. The molecular formula is C17H28IN3O2. The molecule has 6 heteroatoms. The molecule has 0 aromatic heterocycles. The Labute approximate surface area is 156 Å². The molecule has 1 fully saturated rings. The second kappa shape index (κ2) is 11.5. The van der Waals surface area contributed by atoms with Gasteiger partial charge >= 0.3 is 0 Å². The number of para-hydroxylation sites is 1. The summed E-state index contributed by atoms with van der Waals surface area (Å²) in [4.78, 5) is 4.21. The SMILES string of the molecule is CN=C(NCCOC)NCc1ccccc1OC1CCCC1.I. The van der Waals surface area contributed by atoms with E-state index < -0.39 is 0 Å². The van der Waals surface area contributed by atoms with Crippen molar-refractivity contribution in [2.75, 3.05) is 27.3 Å². The molecule has 1 aliphatic rings. The quantitative estimate of drug-likeness (QED) is 0.301. The lowest BCUT2D eigenvalue weighted by molar-refractivity contribution is 0.203. The summed E-state index contributed by atoms with van der Waals surface area (Å²) in [6.07, 6.45) is 5.27. The summed E-state index contributed by atoms with van der Waals surface area (Å²) in [6.45, 7) is 2.08. The van der Waals surface area contributed by atoms with E-state index in [9.17, 15) is 0 Å². The second-order valence-corrected chi connectivity index (χ2v) is 5.48. The van der Waals surface area contributed by atoms with Crippen LogP contribution in [-0.4, -0.2) is 39.4 Å². The van der Waals surface area contributed by atoms with Gasteiger partial charge in [-0.3, -0.25) is 4.99 Å². The summed E-state index contributed by atoms with van der Waals surface area (Å²) >= 11 is 0. The predicted octanol–water partition coefficient (Wildman–Crippen LogP) is 2.94. The molecule has 0 amide bonds. The standard InChI is InChI=1S/C17H27N3O2.HI/c1-18-17(19-11-12-21-2)20-13-14-7-3-6-10-16(14)22-15-8-4-5-9-15;/h3,6-7,10,15H,4-5,8-9,11-13H2,1-2H3,(H2,18,19,20);1H. The molecule has 0 saturated heterocycles. The molecule has 1 aromatic rings. The van der Waals surface area contributed by atoms with Crippen LogP contribution in [0.25, 0.3) is 0 Å². The number of nitrogens with one attached hydrogen (secondary N) is 2. The number of halogens is 1. The lowest BCUT2D eigenvalue weighted by atomic mass is 10.2. The van der Waals surface area contributed by atoms with Crippen molar-refractivity contribution in [3.8, 4) is 5.75 Å². The molecule has 0 atom stereocenters. The van der Waals surface area contributed by atoms with E-state index >= 15 is 0 Å². The van der Waals surface area contributed by atoms with Gasteiger partial charge in [0.2, 0.25) is 0 Å². The number of aliphatic imine (C=N–C) groups is 1. The van der Waals surface area contributed by atoms with Crippen molar-refractivity contribution in [1.29, 1.82) is 0 Å². The van der Waals surface area contributed by atoms with Gasteiger partial charge in [-0.1, -0.05) is 18.2 Å². The van der Waals surface area contributed by atoms with Gasteiger partial charge in [-0.2, -0.15) is 0 Å². The van der Waals surface area contributed by atoms with E-state index in [2.05, 4.69) is 27.8 Å². The highest BCUT2D eigenvalue weighted by Crippen LogP contribution is 2.26. The fraction of sp³-hybridized carbons (Fsp3) is 0.588. The third kappa shape index (κ3) is 6.95. The highest BCUT2D eigenvalue weighted by Gasteiger charge is 2.17. The molecule has 0 unspecified atom stereocenters. The van der Waals surface area contributed by atoms with E-state index in [1.807, 2.05) is 12.1 Å². The lowest BCUT2D eigenvalue weighted by Gasteiger charge is -2.17. The maximum absolute atomic E-state index is 6.15. The average molecular weight is 433 g/mol. The molecule has 0 aliphatic heterocycles. The van der Waals surface area contributed by atoms with E-state index in [4.69, 9.17) is 9.47 Å². The number of nitrogens with zero attached hydrogens (tertiary/aromatic N) is 1. The molecule has 2 rings (SSSR count). The number of hydrogen-bond acceptors (Lipinski definition) is 3. The van der Waals surface area contributed by atoms with Crippen molar-refractivity contribution in [2.45, 2.75) is 38.3 Å². The van der Waals surface area contributed by atoms with E-state index in [1.165, 1.54) is 25.7 Å². The Morgan fingerprint density at radius 2 is 1.96 bits per heavy atom. The lowest BCUT2D eigenvalue weighted by Crippen LogP contribution is -2.38. The van der Waals surface area contributed by atoms with Crippen LogP contribution in [0.2, 0.25) is 0 Å². The Hall–Kier alpha value is -1.02. The predicted molar refractivity (Wildman–Crippen MR) is 105 cm³/mol. The topological polar surface area (TPSA) is 54.9 Å². The number of hydrogen-bond donors (Lipinski definition) is 2. The minimum Gasteiger partial charge on any atom is -0.490 e. The first kappa shape index (κ1) is 20.0. The van der Waals surface area contributed by atoms with Crippen molar-refractivity contribution >= 4 is 29.9 Å². The molecule has 1 saturated carbocycles. The molecule has 0 spiro atoms. The first-order valence-corrected chi connectivity index (χ1v) is 8.01. The van der Waals surface area contributed by atoms with Crippen LogP contribution in [0.15, 0.2) is 29.3 Å². The van der Waals surface area contributed by atoms with Crippen molar-refractivity contribution in [3.63, 3.8) is 0 Å². The molecule has 23 heavy (non-hydrogen) atoms. The zero-order valence-electron chi connectivity index (χ0n) is 14.0. The minimum absolute atomic E-state index is 0. The van der Waals surface area contributed by atoms with Gasteiger partial charge in [-0.05, 0) is 31.7 Å². The van der Waals surface area contributed by atoms with Gasteiger partial charge in [0.05, 0.1) is 12.7 Å². The normalized spacial score (nSPS) is 15.1. The first-order chi connectivity index (χ1) is 10.8. The fourth-order valence-electron chi connectivity index (χ4n) is 2.62. The summed E-state index contributed by atoms with van der Waals surface area (Å²) in [7, 11) is 3.46. The first-order valence-electron chi connectivity index (χ1n) is 8.01. The number of methoxy groups -OCH3 is 1. The second-order valence-electron chi connectivity index (χ2n) is 5.48. The largest absolute Gasteiger partial charge is 0.490 e. The van der Waals surface area contributed by atoms with Crippen LogP contribution in [0, 0.1) is 0 Å². The molecule has 1 aliphatic carbocycles. The fourth-order valence-corrected chi connectivity index (χ4v) is 2.62. The third-order valence-electron chi connectivity index (χ3n) is 3.84. The van der Waals surface area contributed by atoms with Gasteiger partial charge in [0.15, 0.2) is 5.96 Å². The summed E-state index contributed by atoms with van der Waals surface area (Å²) in [5.41, 5.74) is 1.16. The number of benzene rings is 1. The zero-order valence-corrected chi connectivity index (χ0v) is 16.3. The van der Waals surface area contributed by atoms with Crippen LogP contribution < -0.4 is 15.4 Å². The van der Waals surface area contributed by atoms with Gasteiger partial charge in [0.1, 0.15) is 5.75 Å². The maximum Gasteiger partial charge on any atom is 0.191 e. The van der Waals surface area contributed by atoms with E-state index in [-0.39, 0.29) is 24.0 Å². The van der Waals surface area contributed by atoms with Crippen molar-refractivity contribution in [1.82, 2.24) is 10.6 Å². The van der Waals surface area contributed by atoms with Crippen molar-refractivity contribution < 1.29 is 9.47 Å². The van der Waals surface area contributed by atoms with E-state index in [0.717, 1.165) is 23.8 Å². The van der Waals surface area contributed by atoms with Gasteiger partial charge in [-0.25, -0.2) is 0 Å². The smallest absolute Gasteiger partial charge is 0.191 e. The third-order valence-corrected chi connectivity index (χ3v) is 3.84. The molecule has 1 aromatic carbocycles. The summed E-state index contributed by atoms with van der Waals surface area (Å²) in [6, 6.07) is 8.22. The highest BCUT2D eigenvalue weighted by molar-refractivity contribution is 14.0. The monoisotopic (exact) mass is 433 g/mol. The van der Waals surface area contributed by atoms with E-state index in [0.29, 0.717) is 19.3 Å². The Morgan fingerprint density at radius 3 is 2.65 bits per heavy atom. The number of guanidine groups is 1. The van der Waals surface area contributed by atoms with Crippen LogP contribution >= 0.6 is 24.0 Å². The summed E-state index contributed by atoms with van der Waals surface area (Å²) in [5.74, 6) is 1.75. The average Bonchev–Trinajstić information content (AvgIpc) is 3.05. The van der Waals surface area contributed by atoms with Crippen LogP contribution in [0.1, 0.15) is 31.2 Å². The van der Waals surface area contributed by atoms with Gasteiger partial charge < -0.3 is 20.1 Å². The highest BCUT2D eigenvalue weighted by atomic mass is 127. The van der Waals surface area contributed by atoms with Crippen LogP contribution in [-0.2, 0) is 11.3 Å². The Kier molecular flexibility index (Phi) is 10.0. The molecule has 0 heterocycles. The summed E-state index contributed by atoms with van der Waals surface area (Å²) < 4.78 is 11.2. The van der Waals surface area contributed by atoms with Crippen LogP contribution in [0.3, 0.4) is 0 Å². The van der Waals surface area contributed by atoms with Gasteiger partial charge in [0, 0.05) is 32.8 Å². The molecule has 5 nitrogen and oxygen atoms in total. The Balaban J connectivity index is 0.00000264. The van der Waals surface area contributed by atoms with Crippen LogP contribution in [0.4, 0.5) is 0 Å². The summed E-state index contributed by atoms with van der Waals surface area (Å²) in [5, 5.41) is 6.52.